The van der Waals surface area contributed by atoms with Gasteiger partial charge in [-0.05, 0) is 11.5 Å². The monoisotopic (exact) mass is 288 g/mol. The molecular weight excluding hydrogens is 276 g/mol. The Morgan fingerprint density at radius 2 is 1.90 bits per heavy atom. The summed E-state index contributed by atoms with van der Waals surface area (Å²) in [5.41, 5.74) is 0.599. The molecule has 0 aliphatic carbocycles. The van der Waals surface area contributed by atoms with Crippen molar-refractivity contribution in [2.45, 2.75) is 0 Å². The third kappa shape index (κ3) is 2.92. The highest BCUT2D eigenvalue weighted by Gasteiger charge is 2.16. The van der Waals surface area contributed by atoms with Crippen LogP contribution in [-0.2, 0) is 10.5 Å². The van der Waals surface area contributed by atoms with Crippen molar-refractivity contribution < 1.29 is 13.2 Å². The molecule has 6 heteroatoms. The number of amides is 2. The number of fused-ring (bicyclic) bond motifs is 1. The lowest BCUT2D eigenvalue weighted by Crippen LogP contribution is -2.28. The predicted molar refractivity (Wildman–Crippen MR) is 78.2 cm³/mol. The Bertz CT molecular complexity index is 784. The van der Waals surface area contributed by atoms with E-state index in [4.69, 9.17) is 0 Å². The smallest absolute Gasteiger partial charge is 0.287 e. The van der Waals surface area contributed by atoms with Crippen LogP contribution in [0.4, 0.5) is 10.5 Å². The maximum absolute atomic E-state index is 11.9. The summed E-state index contributed by atoms with van der Waals surface area (Å²) in [6, 6.07) is 12.1. The van der Waals surface area contributed by atoms with E-state index >= 15 is 0 Å². The zero-order chi connectivity index (χ0) is 14.5. The topological polar surface area (TPSA) is 66.8 Å². The molecule has 0 unspecified atom stereocenters. The molecular formula is C14H12N2O3S. The van der Waals surface area contributed by atoms with Gasteiger partial charge in [0.15, 0.2) is 0 Å². The van der Waals surface area contributed by atoms with Crippen molar-refractivity contribution in [2.24, 2.45) is 4.36 Å². The van der Waals surface area contributed by atoms with Crippen LogP contribution in [0, 0.1) is 0 Å². The van der Waals surface area contributed by atoms with Gasteiger partial charge in [0.2, 0.25) is 0 Å². The van der Waals surface area contributed by atoms with Gasteiger partial charge in [-0.25, -0.2) is 4.79 Å². The molecule has 0 bridgehead atoms. The molecule has 2 aromatic carbocycles. The average molecular weight is 288 g/mol. The lowest BCUT2D eigenvalue weighted by Gasteiger charge is -2.19. The molecule has 0 radical (unpaired) electrons. The Hall–Kier alpha value is -2.47. The normalized spacial score (nSPS) is 10.0. The van der Waals surface area contributed by atoms with Gasteiger partial charge in [0.05, 0.1) is 5.69 Å². The first-order chi connectivity index (χ1) is 9.63. The van der Waals surface area contributed by atoms with Crippen molar-refractivity contribution in [2.75, 3.05) is 11.4 Å². The molecule has 5 nitrogen and oxygen atoms in total. The summed E-state index contributed by atoms with van der Waals surface area (Å²) in [6.45, 7) is 3.75. The van der Waals surface area contributed by atoms with Crippen molar-refractivity contribution in [3.8, 4) is 0 Å². The lowest BCUT2D eigenvalue weighted by atomic mass is 10.1. The minimum Gasteiger partial charge on any atom is -0.287 e. The van der Waals surface area contributed by atoms with Crippen LogP contribution in [0.2, 0.25) is 0 Å². The highest BCUT2D eigenvalue weighted by molar-refractivity contribution is 7.62. The quantitative estimate of drug-likeness (QED) is 0.815. The van der Waals surface area contributed by atoms with Gasteiger partial charge in [0.25, 0.3) is 0 Å². The summed E-state index contributed by atoms with van der Waals surface area (Å²) in [4.78, 5) is 13.2. The Morgan fingerprint density at radius 3 is 2.60 bits per heavy atom. The van der Waals surface area contributed by atoms with Crippen LogP contribution in [0.1, 0.15) is 0 Å². The average Bonchev–Trinajstić information content (AvgIpc) is 2.43. The number of hydrogen-bond donors (Lipinski definition) is 0. The van der Waals surface area contributed by atoms with E-state index in [0.29, 0.717) is 5.69 Å². The van der Waals surface area contributed by atoms with E-state index in [2.05, 4.69) is 10.9 Å². The zero-order valence-electron chi connectivity index (χ0n) is 10.6. The minimum atomic E-state index is -2.78. The predicted octanol–water partition coefficient (Wildman–Crippen LogP) is 3.01. The first-order valence-electron chi connectivity index (χ1n) is 5.84. The number of urea groups is 1. The second-order valence-electron chi connectivity index (χ2n) is 3.99. The molecule has 0 fully saturated rings. The lowest BCUT2D eigenvalue weighted by molar-refractivity contribution is 0.255. The number of anilines is 1. The van der Waals surface area contributed by atoms with Crippen molar-refractivity contribution in [3.63, 3.8) is 0 Å². The Kier molecular flexibility index (Phi) is 4.27. The molecule has 0 saturated carbocycles. The fourth-order valence-corrected chi connectivity index (χ4v) is 2.19. The Labute approximate surface area is 117 Å². The maximum atomic E-state index is 11.9. The first kappa shape index (κ1) is 14.0. The van der Waals surface area contributed by atoms with Gasteiger partial charge in [-0.3, -0.25) is 4.90 Å². The molecule has 102 valence electrons. The second-order valence-corrected chi connectivity index (χ2v) is 4.61. The summed E-state index contributed by atoms with van der Waals surface area (Å²) in [6.07, 6.45) is 1.52. The number of hydrogen-bond acceptors (Lipinski definition) is 3. The van der Waals surface area contributed by atoms with Gasteiger partial charge in [0.1, 0.15) is 0 Å². The summed E-state index contributed by atoms with van der Waals surface area (Å²) in [5, 5.41) is 1.80. The van der Waals surface area contributed by atoms with E-state index in [-0.39, 0.29) is 6.54 Å². The number of benzene rings is 2. The largest absolute Gasteiger partial charge is 0.363 e. The van der Waals surface area contributed by atoms with E-state index in [1.165, 1.54) is 11.0 Å². The summed E-state index contributed by atoms with van der Waals surface area (Å²) in [7, 11) is -2.78. The summed E-state index contributed by atoms with van der Waals surface area (Å²) < 4.78 is 24.2. The fourth-order valence-electron chi connectivity index (χ4n) is 1.97. The molecule has 2 amide bonds. The van der Waals surface area contributed by atoms with Crippen LogP contribution >= 0.6 is 0 Å². The molecule has 0 N–H and O–H groups in total. The molecule has 0 atom stereocenters. The van der Waals surface area contributed by atoms with Crippen molar-refractivity contribution in [3.05, 3.63) is 55.1 Å². The van der Waals surface area contributed by atoms with E-state index in [1.807, 2.05) is 30.3 Å². The van der Waals surface area contributed by atoms with Crippen LogP contribution in [-0.4, -0.2) is 21.0 Å². The van der Waals surface area contributed by atoms with E-state index < -0.39 is 16.5 Å². The maximum Gasteiger partial charge on any atom is 0.363 e. The third-order valence-corrected chi connectivity index (χ3v) is 3.06. The molecule has 20 heavy (non-hydrogen) atoms. The van der Waals surface area contributed by atoms with Crippen molar-refractivity contribution in [1.29, 1.82) is 0 Å². The van der Waals surface area contributed by atoms with E-state index in [1.54, 1.807) is 12.1 Å². The molecule has 0 spiro atoms. The molecule has 2 aromatic rings. The fraction of sp³-hybridized carbons (Fsp3) is 0.0714. The number of carbonyl (C=O) groups excluding carboxylic acids is 1. The summed E-state index contributed by atoms with van der Waals surface area (Å²) >= 11 is 0. The van der Waals surface area contributed by atoms with Gasteiger partial charge in [-0.1, -0.05) is 46.8 Å². The molecule has 0 aliphatic heterocycles. The standard InChI is InChI=1S/C14H12N2O3S/c1-2-10-16(14(17)15-20(18)19)13-9-5-7-11-6-3-4-8-12(11)13/h2-9H,1,10H2. The van der Waals surface area contributed by atoms with Crippen LogP contribution in [0.5, 0.6) is 0 Å². The second kappa shape index (κ2) is 6.12. The molecule has 0 aromatic heterocycles. The molecule has 0 heterocycles. The SMILES string of the molecule is C=CCN(C(=O)N=S(=O)=O)c1cccc2ccccc12. The number of rotatable bonds is 3. The Morgan fingerprint density at radius 1 is 1.20 bits per heavy atom. The third-order valence-electron chi connectivity index (χ3n) is 2.75. The van der Waals surface area contributed by atoms with Gasteiger partial charge in [0, 0.05) is 11.9 Å². The van der Waals surface area contributed by atoms with Crippen LogP contribution in [0.15, 0.2) is 59.5 Å². The highest BCUT2D eigenvalue weighted by Crippen LogP contribution is 2.27. The minimum absolute atomic E-state index is 0.174. The Balaban J connectivity index is 2.60. The summed E-state index contributed by atoms with van der Waals surface area (Å²) in [5.74, 6) is 0. The first-order valence-corrected chi connectivity index (χ1v) is 6.88. The van der Waals surface area contributed by atoms with Gasteiger partial charge < -0.3 is 0 Å². The highest BCUT2D eigenvalue weighted by atomic mass is 32.2. The van der Waals surface area contributed by atoms with Gasteiger partial charge in [-0.15, -0.1) is 6.58 Å². The molecule has 0 saturated heterocycles. The van der Waals surface area contributed by atoms with Crippen LogP contribution in [0.25, 0.3) is 10.8 Å². The van der Waals surface area contributed by atoms with E-state index in [0.717, 1.165) is 10.8 Å². The zero-order valence-corrected chi connectivity index (χ0v) is 11.4. The van der Waals surface area contributed by atoms with Gasteiger partial charge >= 0.3 is 16.5 Å². The van der Waals surface area contributed by atoms with Crippen LogP contribution in [0.3, 0.4) is 0 Å². The van der Waals surface area contributed by atoms with E-state index in [9.17, 15) is 13.2 Å². The van der Waals surface area contributed by atoms with Gasteiger partial charge in [-0.2, -0.15) is 8.42 Å². The number of carbonyl (C=O) groups is 1. The van der Waals surface area contributed by atoms with Crippen LogP contribution < -0.4 is 4.90 Å². The van der Waals surface area contributed by atoms with Crippen molar-refractivity contribution >= 4 is 33.0 Å². The molecule has 2 rings (SSSR count). The number of nitrogens with zero attached hydrogens (tertiary/aromatic N) is 2. The van der Waals surface area contributed by atoms with Crippen molar-refractivity contribution in [1.82, 2.24) is 0 Å². The molecule has 0 aliphatic rings.